The largest absolute Gasteiger partial charge is 0.497 e. The SMILES string of the molecule is COc1ccc(OC)c(C2SCCN2S(=O)(=O)c2cc([N+](=O)[O-])c(C)c([N+](=O)[O-])c2)c1. The van der Waals surface area contributed by atoms with E-state index in [2.05, 4.69) is 0 Å². The van der Waals surface area contributed by atoms with Crippen LogP contribution in [0.2, 0.25) is 0 Å². The number of benzene rings is 2. The summed E-state index contributed by atoms with van der Waals surface area (Å²) in [6, 6.07) is 6.71. The molecule has 1 saturated heterocycles. The van der Waals surface area contributed by atoms with Crippen LogP contribution in [0.5, 0.6) is 11.5 Å². The maximum Gasteiger partial charge on any atom is 0.280 e. The summed E-state index contributed by atoms with van der Waals surface area (Å²) in [5.74, 6) is 1.41. The van der Waals surface area contributed by atoms with E-state index in [4.69, 9.17) is 9.47 Å². The monoisotopic (exact) mass is 469 g/mol. The molecule has 13 heteroatoms. The molecule has 31 heavy (non-hydrogen) atoms. The van der Waals surface area contributed by atoms with Gasteiger partial charge in [-0.25, -0.2) is 8.42 Å². The second-order valence-electron chi connectivity index (χ2n) is 6.55. The molecule has 0 aromatic heterocycles. The van der Waals surface area contributed by atoms with Crippen molar-refractivity contribution >= 4 is 33.2 Å². The van der Waals surface area contributed by atoms with Crippen molar-refractivity contribution in [1.29, 1.82) is 0 Å². The maximum atomic E-state index is 13.4. The predicted octanol–water partition coefficient (Wildman–Crippen LogP) is 3.26. The van der Waals surface area contributed by atoms with Gasteiger partial charge in [0.1, 0.15) is 17.1 Å². The number of sulfonamides is 1. The number of thioether (sulfide) groups is 1. The molecule has 1 aliphatic heterocycles. The normalized spacial score (nSPS) is 16.8. The van der Waals surface area contributed by atoms with Gasteiger partial charge in [-0.3, -0.25) is 20.2 Å². The third-order valence-electron chi connectivity index (χ3n) is 4.88. The van der Waals surface area contributed by atoms with Crippen molar-refractivity contribution in [2.75, 3.05) is 26.5 Å². The van der Waals surface area contributed by atoms with E-state index < -0.39 is 41.5 Å². The number of nitro groups is 2. The Morgan fingerprint density at radius 2 is 1.68 bits per heavy atom. The highest BCUT2D eigenvalue weighted by molar-refractivity contribution is 8.01. The molecule has 0 spiro atoms. The van der Waals surface area contributed by atoms with Gasteiger partial charge in [-0.2, -0.15) is 4.31 Å². The minimum Gasteiger partial charge on any atom is -0.497 e. The van der Waals surface area contributed by atoms with E-state index in [9.17, 15) is 28.6 Å². The Labute approximate surface area is 182 Å². The zero-order valence-electron chi connectivity index (χ0n) is 16.8. The number of ether oxygens (including phenoxy) is 2. The Morgan fingerprint density at radius 1 is 1.06 bits per heavy atom. The minimum atomic E-state index is -4.30. The van der Waals surface area contributed by atoms with Crippen molar-refractivity contribution in [1.82, 2.24) is 4.31 Å². The lowest BCUT2D eigenvalue weighted by atomic mass is 10.1. The third kappa shape index (κ3) is 4.16. The number of rotatable bonds is 7. The smallest absolute Gasteiger partial charge is 0.280 e. The van der Waals surface area contributed by atoms with Crippen LogP contribution in [-0.2, 0) is 10.0 Å². The van der Waals surface area contributed by atoms with Gasteiger partial charge in [0, 0.05) is 30.0 Å². The van der Waals surface area contributed by atoms with Gasteiger partial charge in [0.05, 0.1) is 34.3 Å². The van der Waals surface area contributed by atoms with Gasteiger partial charge in [0.2, 0.25) is 10.0 Å². The van der Waals surface area contributed by atoms with E-state index >= 15 is 0 Å². The predicted molar refractivity (Wildman–Crippen MR) is 113 cm³/mol. The van der Waals surface area contributed by atoms with Gasteiger partial charge in [0.15, 0.2) is 0 Å². The van der Waals surface area contributed by atoms with E-state index in [1.807, 2.05) is 0 Å². The van der Waals surface area contributed by atoms with Crippen LogP contribution < -0.4 is 9.47 Å². The lowest BCUT2D eigenvalue weighted by Crippen LogP contribution is -2.31. The van der Waals surface area contributed by atoms with E-state index in [0.29, 0.717) is 22.8 Å². The van der Waals surface area contributed by atoms with Crippen LogP contribution in [0.4, 0.5) is 11.4 Å². The molecule has 1 aliphatic rings. The van der Waals surface area contributed by atoms with Crippen molar-refractivity contribution in [2.24, 2.45) is 0 Å². The molecule has 0 amide bonds. The average Bonchev–Trinajstić information content (AvgIpc) is 3.23. The molecular weight excluding hydrogens is 450 g/mol. The van der Waals surface area contributed by atoms with Crippen LogP contribution in [0.1, 0.15) is 16.5 Å². The topological polar surface area (TPSA) is 142 Å². The zero-order chi connectivity index (χ0) is 22.9. The van der Waals surface area contributed by atoms with Crippen LogP contribution in [0.15, 0.2) is 35.2 Å². The Morgan fingerprint density at radius 3 is 2.19 bits per heavy atom. The fourth-order valence-corrected chi connectivity index (χ4v) is 6.59. The molecule has 166 valence electrons. The van der Waals surface area contributed by atoms with Gasteiger partial charge in [-0.05, 0) is 25.1 Å². The van der Waals surface area contributed by atoms with Crippen LogP contribution in [0.25, 0.3) is 0 Å². The summed E-state index contributed by atoms with van der Waals surface area (Å²) in [6.45, 7) is 1.33. The maximum absolute atomic E-state index is 13.4. The first-order valence-electron chi connectivity index (χ1n) is 8.90. The Balaban J connectivity index is 2.14. The summed E-state index contributed by atoms with van der Waals surface area (Å²) in [5, 5.41) is 22.1. The quantitative estimate of drug-likeness (QED) is 0.441. The second-order valence-corrected chi connectivity index (χ2v) is 9.63. The molecule has 1 heterocycles. The molecular formula is C18H19N3O8S2. The van der Waals surface area contributed by atoms with Gasteiger partial charge in [0.25, 0.3) is 11.4 Å². The van der Waals surface area contributed by atoms with E-state index in [0.717, 1.165) is 16.4 Å². The molecule has 0 saturated carbocycles. The lowest BCUT2D eigenvalue weighted by Gasteiger charge is -2.25. The first-order chi connectivity index (χ1) is 14.6. The standard InChI is InChI=1S/C18H19N3O8S2/c1-11-15(20(22)23)9-13(10-16(11)21(24)25)31(26,27)19-6-7-30-18(19)14-8-12(28-2)4-5-17(14)29-3/h4-5,8-10,18H,6-7H2,1-3H3. The molecule has 0 bridgehead atoms. The molecule has 1 atom stereocenters. The van der Waals surface area contributed by atoms with Crippen LogP contribution in [-0.4, -0.2) is 49.1 Å². The molecule has 2 aromatic rings. The van der Waals surface area contributed by atoms with Gasteiger partial charge >= 0.3 is 0 Å². The summed E-state index contributed by atoms with van der Waals surface area (Å²) in [6.07, 6.45) is 0. The fraction of sp³-hybridized carbons (Fsp3) is 0.333. The van der Waals surface area contributed by atoms with E-state index in [-0.39, 0.29) is 12.1 Å². The first-order valence-corrected chi connectivity index (χ1v) is 11.4. The Hall–Kier alpha value is -2.90. The van der Waals surface area contributed by atoms with Crippen LogP contribution >= 0.6 is 11.8 Å². The summed E-state index contributed by atoms with van der Waals surface area (Å²) in [4.78, 5) is 20.6. The van der Waals surface area contributed by atoms with Gasteiger partial charge in [-0.1, -0.05) is 0 Å². The average molecular weight is 469 g/mol. The molecule has 0 radical (unpaired) electrons. The van der Waals surface area contributed by atoms with Crippen LogP contribution in [0, 0.1) is 27.2 Å². The van der Waals surface area contributed by atoms with Crippen molar-refractivity contribution in [3.05, 3.63) is 61.7 Å². The zero-order valence-corrected chi connectivity index (χ0v) is 18.4. The summed E-state index contributed by atoms with van der Waals surface area (Å²) >= 11 is 1.34. The highest BCUT2D eigenvalue weighted by Crippen LogP contribution is 2.46. The lowest BCUT2D eigenvalue weighted by molar-refractivity contribution is -0.395. The van der Waals surface area contributed by atoms with Crippen LogP contribution in [0.3, 0.4) is 0 Å². The van der Waals surface area contributed by atoms with Crippen molar-refractivity contribution in [2.45, 2.75) is 17.2 Å². The summed E-state index contributed by atoms with van der Waals surface area (Å²) < 4.78 is 38.6. The van der Waals surface area contributed by atoms with Crippen molar-refractivity contribution < 1.29 is 27.7 Å². The highest BCUT2D eigenvalue weighted by Gasteiger charge is 2.40. The van der Waals surface area contributed by atoms with Crippen molar-refractivity contribution in [3.63, 3.8) is 0 Å². The third-order valence-corrected chi connectivity index (χ3v) is 8.10. The molecule has 11 nitrogen and oxygen atoms in total. The number of hydrogen-bond donors (Lipinski definition) is 0. The van der Waals surface area contributed by atoms with Gasteiger partial charge in [-0.15, -0.1) is 11.8 Å². The van der Waals surface area contributed by atoms with Gasteiger partial charge < -0.3 is 9.47 Å². The molecule has 0 N–H and O–H groups in total. The number of hydrogen-bond acceptors (Lipinski definition) is 9. The fourth-order valence-electron chi connectivity index (χ4n) is 3.30. The summed E-state index contributed by atoms with van der Waals surface area (Å²) in [5.41, 5.74) is -0.926. The van der Waals surface area contributed by atoms with E-state index in [1.54, 1.807) is 18.2 Å². The van der Waals surface area contributed by atoms with E-state index in [1.165, 1.54) is 32.9 Å². The highest BCUT2D eigenvalue weighted by atomic mass is 32.2. The molecule has 1 fully saturated rings. The Kier molecular flexibility index (Phi) is 6.38. The second kappa shape index (κ2) is 8.69. The molecule has 3 rings (SSSR count). The summed E-state index contributed by atoms with van der Waals surface area (Å²) in [7, 11) is -1.37. The minimum absolute atomic E-state index is 0.119. The first kappa shape index (κ1) is 22.8. The number of methoxy groups -OCH3 is 2. The molecule has 0 aliphatic carbocycles. The molecule has 2 aromatic carbocycles. The number of nitrogens with zero attached hydrogens (tertiary/aromatic N) is 3. The molecule has 1 unspecified atom stereocenters. The van der Waals surface area contributed by atoms with Crippen molar-refractivity contribution in [3.8, 4) is 11.5 Å². The Bertz CT molecular complexity index is 1120. The number of nitro benzene ring substituents is 2.